The fourth-order valence-corrected chi connectivity index (χ4v) is 2.49. The molecule has 3 nitrogen and oxygen atoms in total. The van der Waals surface area contributed by atoms with Gasteiger partial charge >= 0.3 is 0 Å². The molecule has 0 aliphatic carbocycles. The van der Waals surface area contributed by atoms with Crippen molar-refractivity contribution in [1.29, 1.82) is 0 Å². The van der Waals surface area contributed by atoms with Crippen molar-refractivity contribution >= 4 is 11.9 Å². The van der Waals surface area contributed by atoms with Gasteiger partial charge in [-0.25, -0.2) is 4.39 Å². The molecule has 0 amide bonds. The molecule has 1 atom stereocenters. The van der Waals surface area contributed by atoms with Crippen molar-refractivity contribution in [1.82, 2.24) is 5.32 Å². The van der Waals surface area contributed by atoms with Crippen LogP contribution < -0.4 is 10.2 Å². The highest BCUT2D eigenvalue weighted by molar-refractivity contribution is 5.69. The van der Waals surface area contributed by atoms with Crippen LogP contribution in [0.3, 0.4) is 0 Å². The Morgan fingerprint density at radius 2 is 2.33 bits per heavy atom. The Kier molecular flexibility index (Phi) is 3.11. The number of halogens is 1. The first-order valence-corrected chi connectivity index (χ1v) is 6.32. The first-order chi connectivity index (χ1) is 8.84. The zero-order chi connectivity index (χ0) is 12.4. The van der Waals surface area contributed by atoms with Crippen LogP contribution in [0.15, 0.2) is 35.6 Å². The molecule has 94 valence electrons. The Morgan fingerprint density at radius 3 is 3.00 bits per heavy atom. The Balaban J connectivity index is 1.84. The molecule has 1 aromatic carbocycles. The molecule has 1 unspecified atom stereocenters. The zero-order valence-corrected chi connectivity index (χ0v) is 10.1. The van der Waals surface area contributed by atoms with Crippen molar-refractivity contribution in [2.75, 3.05) is 18.0 Å². The van der Waals surface area contributed by atoms with Crippen LogP contribution in [-0.4, -0.2) is 19.3 Å². The molecule has 1 N–H and O–H groups in total. The molecule has 0 saturated carbocycles. The zero-order valence-electron chi connectivity index (χ0n) is 10.1. The van der Waals surface area contributed by atoms with Gasteiger partial charge in [0.25, 0.3) is 0 Å². The molecule has 2 aliphatic heterocycles. The van der Waals surface area contributed by atoms with E-state index in [-0.39, 0.29) is 11.9 Å². The number of benzene rings is 1. The predicted octanol–water partition coefficient (Wildman–Crippen LogP) is 2.61. The second kappa shape index (κ2) is 4.90. The third-order valence-electron chi connectivity index (χ3n) is 3.47. The number of anilines is 1. The van der Waals surface area contributed by atoms with Crippen molar-refractivity contribution in [3.63, 3.8) is 0 Å². The summed E-state index contributed by atoms with van der Waals surface area (Å²) >= 11 is 0. The maximum Gasteiger partial charge on any atom is 0.130 e. The summed E-state index contributed by atoms with van der Waals surface area (Å²) in [5.74, 6) is -0.122. The van der Waals surface area contributed by atoms with E-state index in [1.54, 1.807) is 12.3 Å². The minimum atomic E-state index is -0.122. The third-order valence-corrected chi connectivity index (χ3v) is 3.47. The van der Waals surface area contributed by atoms with Gasteiger partial charge in [-0.3, -0.25) is 4.99 Å². The van der Waals surface area contributed by atoms with Crippen LogP contribution in [0.25, 0.3) is 0 Å². The molecule has 1 saturated heterocycles. The molecule has 0 radical (unpaired) electrons. The normalized spacial score (nSPS) is 22.7. The molecule has 1 fully saturated rings. The summed E-state index contributed by atoms with van der Waals surface area (Å²) in [4.78, 5) is 5.98. The van der Waals surface area contributed by atoms with Crippen LogP contribution in [-0.2, 0) is 0 Å². The topological polar surface area (TPSA) is 27.6 Å². The van der Waals surface area contributed by atoms with Crippen molar-refractivity contribution < 1.29 is 4.39 Å². The van der Waals surface area contributed by atoms with E-state index in [9.17, 15) is 4.39 Å². The standard InChI is InChI=1S/C14H16FN3/c15-13-10-11(18-8-6-16-7-9-18)3-4-12(13)14-2-1-5-17-14/h3-4,6-8,10,14,17H,1-2,5,9H2. The Hall–Kier alpha value is -1.68. The average molecular weight is 245 g/mol. The SMILES string of the molecule is Fc1cc(N2C=CN=CC2)ccc1C1CCCN1. The van der Waals surface area contributed by atoms with Gasteiger partial charge in [0.2, 0.25) is 0 Å². The van der Waals surface area contributed by atoms with Gasteiger partial charge in [-0.05, 0) is 31.5 Å². The predicted molar refractivity (Wildman–Crippen MR) is 71.4 cm³/mol. The Bertz CT molecular complexity index is 490. The van der Waals surface area contributed by atoms with Crippen LogP contribution >= 0.6 is 0 Å². The molecular weight excluding hydrogens is 229 g/mol. The lowest BCUT2D eigenvalue weighted by molar-refractivity contribution is 0.559. The molecule has 2 heterocycles. The van der Waals surface area contributed by atoms with Gasteiger partial charge in [0, 0.05) is 35.9 Å². The summed E-state index contributed by atoms with van der Waals surface area (Å²) in [6.45, 7) is 1.67. The number of nitrogens with zero attached hydrogens (tertiary/aromatic N) is 2. The first kappa shape index (κ1) is 11.4. The van der Waals surface area contributed by atoms with Crippen molar-refractivity contribution in [3.05, 3.63) is 42.0 Å². The van der Waals surface area contributed by atoms with Gasteiger partial charge in [0.05, 0.1) is 6.54 Å². The van der Waals surface area contributed by atoms with Gasteiger partial charge in [-0.1, -0.05) is 6.07 Å². The third kappa shape index (κ3) is 2.16. The van der Waals surface area contributed by atoms with Gasteiger partial charge in [-0.15, -0.1) is 0 Å². The van der Waals surface area contributed by atoms with Gasteiger partial charge in [0.15, 0.2) is 0 Å². The molecule has 3 rings (SSSR count). The molecule has 18 heavy (non-hydrogen) atoms. The van der Waals surface area contributed by atoms with E-state index in [1.807, 2.05) is 29.4 Å². The second-order valence-corrected chi connectivity index (χ2v) is 4.64. The molecule has 2 aliphatic rings. The van der Waals surface area contributed by atoms with E-state index in [0.29, 0.717) is 6.54 Å². The van der Waals surface area contributed by atoms with Crippen molar-refractivity contribution in [2.45, 2.75) is 18.9 Å². The van der Waals surface area contributed by atoms with Crippen LogP contribution in [0.4, 0.5) is 10.1 Å². The van der Waals surface area contributed by atoms with Crippen molar-refractivity contribution in [3.8, 4) is 0 Å². The Morgan fingerprint density at radius 1 is 1.39 bits per heavy atom. The fraction of sp³-hybridized carbons (Fsp3) is 0.357. The summed E-state index contributed by atoms with van der Waals surface area (Å²) < 4.78 is 14.1. The fourth-order valence-electron chi connectivity index (χ4n) is 2.49. The number of aliphatic imine (C=N–C) groups is 1. The Labute approximate surface area is 106 Å². The van der Waals surface area contributed by atoms with Crippen LogP contribution in [0.2, 0.25) is 0 Å². The van der Waals surface area contributed by atoms with Gasteiger partial charge in [-0.2, -0.15) is 0 Å². The van der Waals surface area contributed by atoms with E-state index in [1.165, 1.54) is 0 Å². The van der Waals surface area contributed by atoms with E-state index in [2.05, 4.69) is 10.3 Å². The number of rotatable bonds is 2. The minimum absolute atomic E-state index is 0.122. The lowest BCUT2D eigenvalue weighted by atomic mass is 10.0. The smallest absolute Gasteiger partial charge is 0.130 e. The van der Waals surface area contributed by atoms with E-state index < -0.39 is 0 Å². The highest BCUT2D eigenvalue weighted by Crippen LogP contribution is 2.28. The first-order valence-electron chi connectivity index (χ1n) is 6.32. The maximum atomic E-state index is 14.1. The largest absolute Gasteiger partial charge is 0.341 e. The van der Waals surface area contributed by atoms with Crippen LogP contribution in [0.1, 0.15) is 24.4 Å². The highest BCUT2D eigenvalue weighted by Gasteiger charge is 2.20. The van der Waals surface area contributed by atoms with Crippen LogP contribution in [0, 0.1) is 5.82 Å². The molecular formula is C14H16FN3. The summed E-state index contributed by atoms with van der Waals surface area (Å²) in [5.41, 5.74) is 1.66. The van der Waals surface area contributed by atoms with E-state index in [4.69, 9.17) is 0 Å². The minimum Gasteiger partial charge on any atom is -0.341 e. The monoisotopic (exact) mass is 245 g/mol. The number of hydrogen-bond acceptors (Lipinski definition) is 3. The van der Waals surface area contributed by atoms with E-state index in [0.717, 1.165) is 30.6 Å². The summed E-state index contributed by atoms with van der Waals surface area (Å²) in [7, 11) is 0. The lowest BCUT2D eigenvalue weighted by Gasteiger charge is -2.21. The summed E-state index contributed by atoms with van der Waals surface area (Å²) in [6.07, 6.45) is 7.53. The summed E-state index contributed by atoms with van der Waals surface area (Å²) in [6, 6.07) is 5.66. The van der Waals surface area contributed by atoms with Gasteiger partial charge in [0.1, 0.15) is 5.82 Å². The van der Waals surface area contributed by atoms with E-state index >= 15 is 0 Å². The molecule has 1 aromatic rings. The van der Waals surface area contributed by atoms with Crippen LogP contribution in [0.5, 0.6) is 0 Å². The summed E-state index contributed by atoms with van der Waals surface area (Å²) in [5, 5.41) is 3.32. The van der Waals surface area contributed by atoms with Crippen molar-refractivity contribution in [2.24, 2.45) is 4.99 Å². The number of hydrogen-bond donors (Lipinski definition) is 1. The molecule has 0 bridgehead atoms. The highest BCUT2D eigenvalue weighted by atomic mass is 19.1. The van der Waals surface area contributed by atoms with Gasteiger partial charge < -0.3 is 10.2 Å². The second-order valence-electron chi connectivity index (χ2n) is 4.64. The average Bonchev–Trinajstić information content (AvgIpc) is 2.93. The maximum absolute atomic E-state index is 14.1. The molecule has 4 heteroatoms. The molecule has 0 aromatic heterocycles. The number of nitrogens with one attached hydrogen (secondary N) is 1. The lowest BCUT2D eigenvalue weighted by Crippen LogP contribution is -2.21. The molecule has 0 spiro atoms. The quantitative estimate of drug-likeness (QED) is 0.867.